The molecule has 0 unspecified atom stereocenters. The quantitative estimate of drug-likeness (QED) is 0.641. The van der Waals surface area contributed by atoms with E-state index in [0.717, 1.165) is 17.5 Å². The van der Waals surface area contributed by atoms with Crippen molar-refractivity contribution in [2.75, 3.05) is 6.54 Å². The number of rotatable bonds is 3. The van der Waals surface area contributed by atoms with Gasteiger partial charge in [0.05, 0.1) is 6.54 Å². The number of amides is 1. The summed E-state index contributed by atoms with van der Waals surface area (Å²) in [6.45, 7) is 0.392. The van der Waals surface area contributed by atoms with Gasteiger partial charge in [-0.1, -0.05) is 60.7 Å². The van der Waals surface area contributed by atoms with Crippen molar-refractivity contribution >= 4 is 23.8 Å². The van der Waals surface area contributed by atoms with Crippen LogP contribution in [-0.2, 0) is 15.1 Å². The molecule has 4 heteroatoms. The Labute approximate surface area is 122 Å². The van der Waals surface area contributed by atoms with E-state index >= 15 is 0 Å². The predicted octanol–water partition coefficient (Wildman–Crippen LogP) is 2.70. The maximum atomic E-state index is 11.1. The second-order valence-corrected chi connectivity index (χ2v) is 5.01. The number of hydrogen-bond acceptors (Lipinski definition) is 3. The molecule has 1 heterocycles. The van der Waals surface area contributed by atoms with Gasteiger partial charge in [0.2, 0.25) is 6.41 Å². The molecular weight excluding hydrogens is 270 g/mol. The van der Waals surface area contributed by atoms with Crippen LogP contribution >= 0.6 is 12.2 Å². The van der Waals surface area contributed by atoms with E-state index in [-0.39, 0.29) is 5.17 Å². The fourth-order valence-electron chi connectivity index (χ4n) is 2.51. The second kappa shape index (κ2) is 5.06. The Balaban J connectivity index is 2.15. The number of carbonyl (C=O) groups is 1. The van der Waals surface area contributed by atoms with Crippen LogP contribution in [0.1, 0.15) is 11.1 Å². The first kappa shape index (κ1) is 12.8. The molecule has 0 N–H and O–H groups in total. The Hall–Kier alpha value is -2.20. The number of thiocarbonyl (C=S) groups is 1. The molecule has 1 saturated heterocycles. The average Bonchev–Trinajstić information content (AvgIpc) is 2.87. The Morgan fingerprint density at radius 1 is 1.00 bits per heavy atom. The van der Waals surface area contributed by atoms with Crippen LogP contribution in [0, 0.1) is 0 Å². The molecule has 0 radical (unpaired) electrons. The van der Waals surface area contributed by atoms with E-state index in [4.69, 9.17) is 17.0 Å². The Morgan fingerprint density at radius 2 is 1.50 bits per heavy atom. The minimum absolute atomic E-state index is 0.215. The number of benzene rings is 2. The molecule has 1 fully saturated rings. The molecule has 0 aliphatic carbocycles. The molecule has 20 heavy (non-hydrogen) atoms. The van der Waals surface area contributed by atoms with Crippen molar-refractivity contribution in [3.8, 4) is 0 Å². The molecule has 3 rings (SSSR count). The third-order valence-corrected chi connectivity index (χ3v) is 3.81. The van der Waals surface area contributed by atoms with Gasteiger partial charge in [0.1, 0.15) is 0 Å². The minimum atomic E-state index is -0.722. The lowest BCUT2D eigenvalue weighted by atomic mass is 9.86. The number of nitrogens with zero attached hydrogens (tertiary/aromatic N) is 1. The van der Waals surface area contributed by atoms with Crippen molar-refractivity contribution < 1.29 is 9.53 Å². The number of carbonyl (C=O) groups excluding carboxylic acids is 1. The molecule has 1 aliphatic heterocycles. The van der Waals surface area contributed by atoms with E-state index in [1.54, 1.807) is 0 Å². The highest BCUT2D eigenvalue weighted by Gasteiger charge is 2.46. The molecule has 0 aromatic heterocycles. The molecule has 2 aromatic carbocycles. The maximum Gasteiger partial charge on any atom is 0.267 e. The average molecular weight is 283 g/mol. The van der Waals surface area contributed by atoms with E-state index in [9.17, 15) is 4.79 Å². The fraction of sp³-hybridized carbons (Fsp3) is 0.125. The van der Waals surface area contributed by atoms with Gasteiger partial charge in [0.25, 0.3) is 5.17 Å². The van der Waals surface area contributed by atoms with Gasteiger partial charge in [-0.15, -0.1) is 0 Å². The second-order valence-electron chi connectivity index (χ2n) is 4.66. The van der Waals surface area contributed by atoms with E-state index in [0.29, 0.717) is 6.54 Å². The van der Waals surface area contributed by atoms with E-state index in [2.05, 4.69) is 0 Å². The monoisotopic (exact) mass is 283 g/mol. The van der Waals surface area contributed by atoms with Crippen molar-refractivity contribution in [1.29, 1.82) is 0 Å². The lowest BCUT2D eigenvalue weighted by Gasteiger charge is -2.28. The summed E-state index contributed by atoms with van der Waals surface area (Å²) in [6, 6.07) is 19.7. The SMILES string of the molecule is O=CN1CC(c2ccccc2)(c2ccccc2)OC1=S. The molecule has 0 bridgehead atoms. The largest absolute Gasteiger partial charge is 0.452 e. The lowest BCUT2D eigenvalue weighted by molar-refractivity contribution is -0.114. The molecule has 2 aromatic rings. The Bertz CT molecular complexity index is 588. The van der Waals surface area contributed by atoms with Gasteiger partial charge in [-0.3, -0.25) is 9.69 Å². The highest BCUT2D eigenvalue weighted by Crippen LogP contribution is 2.39. The van der Waals surface area contributed by atoms with Gasteiger partial charge in [0.15, 0.2) is 5.60 Å². The first-order valence-corrected chi connectivity index (χ1v) is 6.73. The summed E-state index contributed by atoms with van der Waals surface area (Å²) >= 11 is 5.16. The third kappa shape index (κ3) is 1.98. The van der Waals surface area contributed by atoms with Crippen LogP contribution in [0.2, 0.25) is 0 Å². The van der Waals surface area contributed by atoms with Gasteiger partial charge in [-0.25, -0.2) is 0 Å². The summed E-state index contributed by atoms with van der Waals surface area (Å²) in [5.41, 5.74) is 1.25. The van der Waals surface area contributed by atoms with Crippen molar-refractivity contribution in [2.24, 2.45) is 0 Å². The van der Waals surface area contributed by atoms with Crippen LogP contribution in [0.3, 0.4) is 0 Å². The van der Waals surface area contributed by atoms with Gasteiger partial charge >= 0.3 is 0 Å². The zero-order valence-electron chi connectivity index (χ0n) is 10.7. The van der Waals surface area contributed by atoms with Crippen LogP contribution in [-0.4, -0.2) is 23.0 Å². The van der Waals surface area contributed by atoms with E-state index < -0.39 is 5.60 Å². The molecular formula is C16H13NO2S. The smallest absolute Gasteiger partial charge is 0.267 e. The molecule has 1 aliphatic rings. The summed E-state index contributed by atoms with van der Waals surface area (Å²) < 4.78 is 5.95. The van der Waals surface area contributed by atoms with Gasteiger partial charge in [-0.05, 0) is 12.2 Å². The van der Waals surface area contributed by atoms with Gasteiger partial charge < -0.3 is 4.74 Å². The van der Waals surface area contributed by atoms with Crippen molar-refractivity contribution in [1.82, 2.24) is 4.90 Å². The maximum absolute atomic E-state index is 11.1. The van der Waals surface area contributed by atoms with Crippen LogP contribution in [0.25, 0.3) is 0 Å². The van der Waals surface area contributed by atoms with E-state index in [1.807, 2.05) is 60.7 Å². The molecule has 1 amide bonds. The summed E-state index contributed by atoms with van der Waals surface area (Å²) in [6.07, 6.45) is 0.718. The molecule has 0 spiro atoms. The van der Waals surface area contributed by atoms with Crippen LogP contribution in [0.4, 0.5) is 0 Å². The van der Waals surface area contributed by atoms with Crippen molar-refractivity contribution in [2.45, 2.75) is 5.60 Å². The van der Waals surface area contributed by atoms with Gasteiger partial charge in [-0.2, -0.15) is 0 Å². The molecule has 100 valence electrons. The first-order chi connectivity index (χ1) is 9.76. The number of ether oxygens (including phenoxy) is 1. The van der Waals surface area contributed by atoms with Crippen molar-refractivity contribution in [3.05, 3.63) is 71.8 Å². The summed E-state index contributed by atoms with van der Waals surface area (Å²) in [5, 5.41) is 0.215. The van der Waals surface area contributed by atoms with Crippen LogP contribution in [0.15, 0.2) is 60.7 Å². The molecule has 3 nitrogen and oxygen atoms in total. The van der Waals surface area contributed by atoms with E-state index in [1.165, 1.54) is 4.90 Å². The standard InChI is InChI=1S/C16H13NO2S/c18-12-17-11-16(19-15(17)20,13-7-3-1-4-8-13)14-9-5-2-6-10-14/h1-10,12H,11H2. The third-order valence-electron chi connectivity index (χ3n) is 3.50. The normalized spacial score (nSPS) is 16.8. The Morgan fingerprint density at radius 3 is 1.90 bits per heavy atom. The zero-order chi connectivity index (χ0) is 14.0. The highest BCUT2D eigenvalue weighted by molar-refractivity contribution is 7.80. The lowest BCUT2D eigenvalue weighted by Crippen LogP contribution is -2.32. The highest BCUT2D eigenvalue weighted by atomic mass is 32.1. The van der Waals surface area contributed by atoms with Crippen LogP contribution in [0.5, 0.6) is 0 Å². The Kier molecular flexibility index (Phi) is 3.24. The summed E-state index contributed by atoms with van der Waals surface area (Å²) in [4.78, 5) is 12.6. The fourth-order valence-corrected chi connectivity index (χ4v) is 2.76. The summed E-state index contributed by atoms with van der Waals surface area (Å²) in [5.74, 6) is 0. The topological polar surface area (TPSA) is 29.5 Å². The van der Waals surface area contributed by atoms with Crippen LogP contribution < -0.4 is 0 Å². The van der Waals surface area contributed by atoms with Crippen molar-refractivity contribution in [3.63, 3.8) is 0 Å². The van der Waals surface area contributed by atoms with Gasteiger partial charge in [0, 0.05) is 11.1 Å². The summed E-state index contributed by atoms with van der Waals surface area (Å²) in [7, 11) is 0. The first-order valence-electron chi connectivity index (χ1n) is 6.32. The molecule has 0 saturated carbocycles. The number of hydrogen-bond donors (Lipinski definition) is 0. The predicted molar refractivity (Wildman–Crippen MR) is 80.1 cm³/mol. The zero-order valence-corrected chi connectivity index (χ0v) is 11.5. The minimum Gasteiger partial charge on any atom is -0.452 e. The molecule has 0 atom stereocenters.